The van der Waals surface area contributed by atoms with E-state index < -0.39 is 0 Å². The highest BCUT2D eigenvalue weighted by molar-refractivity contribution is 9.10. The fraction of sp³-hybridized carbons (Fsp3) is 0.500. The molecule has 0 saturated carbocycles. The Balaban J connectivity index is 2.63. The van der Waals surface area contributed by atoms with E-state index in [-0.39, 0.29) is 6.23 Å². The van der Waals surface area contributed by atoms with Crippen molar-refractivity contribution in [1.29, 1.82) is 0 Å². The quantitative estimate of drug-likeness (QED) is 0.820. The van der Waals surface area contributed by atoms with Gasteiger partial charge in [0.25, 0.3) is 0 Å². The molecule has 0 aromatic heterocycles. The van der Waals surface area contributed by atoms with Crippen LogP contribution in [0.5, 0.6) is 0 Å². The summed E-state index contributed by atoms with van der Waals surface area (Å²) in [5.74, 6) is 0. The zero-order valence-electron chi connectivity index (χ0n) is 9.51. The van der Waals surface area contributed by atoms with Crippen LogP contribution in [0.1, 0.15) is 25.8 Å². The van der Waals surface area contributed by atoms with Crippen molar-refractivity contribution in [3.05, 3.63) is 28.2 Å². The van der Waals surface area contributed by atoms with E-state index >= 15 is 0 Å². The van der Waals surface area contributed by atoms with Crippen LogP contribution in [0.3, 0.4) is 0 Å². The Hall–Kier alpha value is -0.540. The molecule has 2 nitrogen and oxygen atoms in total. The summed E-state index contributed by atoms with van der Waals surface area (Å²) in [6.07, 6.45) is 1.09. The zero-order valence-corrected chi connectivity index (χ0v) is 11.1. The fourth-order valence-corrected chi connectivity index (χ4v) is 1.93. The first kappa shape index (κ1) is 12.5. The van der Waals surface area contributed by atoms with Gasteiger partial charge in [-0.15, -0.1) is 0 Å². The molecule has 0 radical (unpaired) electrons. The molecule has 1 atom stereocenters. The fourth-order valence-electron chi connectivity index (χ4n) is 1.35. The van der Waals surface area contributed by atoms with Gasteiger partial charge in [0.15, 0.2) is 0 Å². The van der Waals surface area contributed by atoms with Gasteiger partial charge in [0, 0.05) is 11.1 Å². The topological polar surface area (TPSA) is 21.3 Å². The van der Waals surface area contributed by atoms with Crippen molar-refractivity contribution in [3.63, 3.8) is 0 Å². The molecule has 0 spiro atoms. The Morgan fingerprint density at radius 2 is 2.20 bits per heavy atom. The lowest BCUT2D eigenvalue weighted by Gasteiger charge is -2.18. The molecule has 0 aliphatic rings. The molecule has 0 fully saturated rings. The molecule has 1 aromatic rings. The number of benzene rings is 1. The number of halogens is 1. The average Bonchev–Trinajstić information content (AvgIpc) is 2.21. The lowest BCUT2D eigenvalue weighted by Crippen LogP contribution is -2.20. The summed E-state index contributed by atoms with van der Waals surface area (Å²) in [5.41, 5.74) is 2.33. The first-order valence-corrected chi connectivity index (χ1v) is 6.07. The van der Waals surface area contributed by atoms with Gasteiger partial charge < -0.3 is 10.1 Å². The van der Waals surface area contributed by atoms with Gasteiger partial charge >= 0.3 is 0 Å². The standard InChI is InChI=1S/C12H18BrNO/c1-4-8-15-10(3)14-12-9(2)6-5-7-11(12)13/h5-7,10,14H,4,8H2,1-3H3. The van der Waals surface area contributed by atoms with Crippen LogP contribution in [0.2, 0.25) is 0 Å². The van der Waals surface area contributed by atoms with Crippen molar-refractivity contribution in [2.75, 3.05) is 11.9 Å². The lowest BCUT2D eigenvalue weighted by atomic mass is 10.2. The van der Waals surface area contributed by atoms with Gasteiger partial charge in [-0.05, 0) is 47.8 Å². The molecule has 3 heteroatoms. The summed E-state index contributed by atoms with van der Waals surface area (Å²) in [6, 6.07) is 6.14. The van der Waals surface area contributed by atoms with Crippen LogP contribution in [0, 0.1) is 6.92 Å². The minimum absolute atomic E-state index is 0.0438. The van der Waals surface area contributed by atoms with E-state index in [1.165, 1.54) is 5.56 Å². The van der Waals surface area contributed by atoms with Crippen molar-refractivity contribution in [2.45, 2.75) is 33.4 Å². The Labute approximate surface area is 100 Å². The third-order valence-corrected chi connectivity index (χ3v) is 2.80. The van der Waals surface area contributed by atoms with Crippen LogP contribution in [0.4, 0.5) is 5.69 Å². The van der Waals surface area contributed by atoms with Crippen LogP contribution in [-0.4, -0.2) is 12.8 Å². The number of hydrogen-bond acceptors (Lipinski definition) is 2. The molecule has 1 unspecified atom stereocenters. The second-order valence-corrected chi connectivity index (χ2v) is 4.44. The largest absolute Gasteiger partial charge is 0.359 e. The summed E-state index contributed by atoms with van der Waals surface area (Å²) in [5, 5.41) is 3.34. The Morgan fingerprint density at radius 1 is 1.47 bits per heavy atom. The van der Waals surface area contributed by atoms with Crippen molar-refractivity contribution in [1.82, 2.24) is 0 Å². The second-order valence-electron chi connectivity index (χ2n) is 3.59. The van der Waals surface area contributed by atoms with Gasteiger partial charge in [0.05, 0.1) is 5.69 Å². The van der Waals surface area contributed by atoms with Crippen LogP contribution >= 0.6 is 15.9 Å². The van der Waals surface area contributed by atoms with Gasteiger partial charge in [0.1, 0.15) is 6.23 Å². The van der Waals surface area contributed by atoms with E-state index in [1.54, 1.807) is 0 Å². The van der Waals surface area contributed by atoms with Crippen LogP contribution < -0.4 is 5.32 Å². The number of aryl methyl sites for hydroxylation is 1. The molecule has 1 rings (SSSR count). The predicted molar refractivity (Wildman–Crippen MR) is 68.2 cm³/mol. The maximum absolute atomic E-state index is 5.57. The van der Waals surface area contributed by atoms with Gasteiger partial charge in [-0.3, -0.25) is 0 Å². The van der Waals surface area contributed by atoms with Crippen LogP contribution in [-0.2, 0) is 4.74 Å². The van der Waals surface area contributed by atoms with Crippen LogP contribution in [0.25, 0.3) is 0 Å². The molecule has 0 bridgehead atoms. The first-order chi connectivity index (χ1) is 7.15. The predicted octanol–water partition coefficient (Wildman–Crippen LogP) is 3.94. The summed E-state index contributed by atoms with van der Waals surface area (Å²) in [4.78, 5) is 0. The molecule has 1 aromatic carbocycles. The number of nitrogens with one attached hydrogen (secondary N) is 1. The Bertz CT molecular complexity index is 294. The van der Waals surface area contributed by atoms with E-state index in [9.17, 15) is 0 Å². The highest BCUT2D eigenvalue weighted by atomic mass is 79.9. The normalized spacial score (nSPS) is 12.5. The molecule has 0 aliphatic heterocycles. The molecule has 0 saturated heterocycles. The lowest BCUT2D eigenvalue weighted by molar-refractivity contribution is 0.0852. The van der Waals surface area contributed by atoms with E-state index in [1.807, 2.05) is 19.1 Å². The number of ether oxygens (including phenoxy) is 1. The summed E-state index contributed by atoms with van der Waals surface area (Å²) in [6.45, 7) is 7.00. The van der Waals surface area contributed by atoms with Crippen molar-refractivity contribution in [2.24, 2.45) is 0 Å². The van der Waals surface area contributed by atoms with Crippen molar-refractivity contribution < 1.29 is 4.74 Å². The highest BCUT2D eigenvalue weighted by Gasteiger charge is 2.06. The number of anilines is 1. The molecule has 15 heavy (non-hydrogen) atoms. The minimum atomic E-state index is 0.0438. The van der Waals surface area contributed by atoms with E-state index in [0.29, 0.717) is 0 Å². The molecule has 84 valence electrons. The van der Waals surface area contributed by atoms with Crippen molar-refractivity contribution in [3.8, 4) is 0 Å². The average molecular weight is 272 g/mol. The maximum Gasteiger partial charge on any atom is 0.124 e. The van der Waals surface area contributed by atoms with Gasteiger partial charge in [-0.2, -0.15) is 0 Å². The Morgan fingerprint density at radius 3 is 2.80 bits per heavy atom. The van der Waals surface area contributed by atoms with Crippen molar-refractivity contribution >= 4 is 21.6 Å². The summed E-state index contributed by atoms with van der Waals surface area (Å²) in [7, 11) is 0. The Kier molecular flexibility index (Phi) is 5.12. The second kappa shape index (κ2) is 6.13. The smallest absolute Gasteiger partial charge is 0.124 e. The van der Waals surface area contributed by atoms with E-state index in [2.05, 4.69) is 41.2 Å². The van der Waals surface area contributed by atoms with E-state index in [4.69, 9.17) is 4.74 Å². The molecular weight excluding hydrogens is 254 g/mol. The summed E-state index contributed by atoms with van der Waals surface area (Å²) >= 11 is 3.53. The number of hydrogen-bond donors (Lipinski definition) is 1. The molecule has 0 heterocycles. The molecule has 0 aliphatic carbocycles. The third-order valence-electron chi connectivity index (χ3n) is 2.14. The third kappa shape index (κ3) is 3.84. The molecule has 1 N–H and O–H groups in total. The monoisotopic (exact) mass is 271 g/mol. The van der Waals surface area contributed by atoms with Gasteiger partial charge in [-0.1, -0.05) is 19.1 Å². The zero-order chi connectivity index (χ0) is 11.3. The van der Waals surface area contributed by atoms with Crippen LogP contribution in [0.15, 0.2) is 22.7 Å². The number of rotatable bonds is 5. The maximum atomic E-state index is 5.57. The van der Waals surface area contributed by atoms with E-state index in [0.717, 1.165) is 23.2 Å². The molecular formula is C12H18BrNO. The highest BCUT2D eigenvalue weighted by Crippen LogP contribution is 2.26. The SMILES string of the molecule is CCCOC(C)Nc1c(C)cccc1Br. The minimum Gasteiger partial charge on any atom is -0.359 e. The van der Waals surface area contributed by atoms with Gasteiger partial charge in [0.2, 0.25) is 0 Å². The van der Waals surface area contributed by atoms with Gasteiger partial charge in [-0.25, -0.2) is 0 Å². The summed E-state index contributed by atoms with van der Waals surface area (Å²) < 4.78 is 6.65. The first-order valence-electron chi connectivity index (χ1n) is 5.28. The molecule has 0 amide bonds. The number of para-hydroxylation sites is 1.